The van der Waals surface area contributed by atoms with Gasteiger partial charge in [0.05, 0.1) is 5.41 Å². The molecule has 9 aromatic carbocycles. The fraction of sp³-hybridized carbons (Fsp3) is 0.175. The van der Waals surface area contributed by atoms with Crippen molar-refractivity contribution < 1.29 is 0 Å². The van der Waals surface area contributed by atoms with Crippen LogP contribution in [0.5, 0.6) is 0 Å². The van der Waals surface area contributed by atoms with Crippen LogP contribution in [0.25, 0.3) is 33.0 Å². The Hall–Kier alpha value is -7.16. The van der Waals surface area contributed by atoms with Gasteiger partial charge in [-0.2, -0.15) is 0 Å². The minimum absolute atomic E-state index is 0.0581. The summed E-state index contributed by atoms with van der Waals surface area (Å²) in [6.45, 7) is 18.0. The van der Waals surface area contributed by atoms with E-state index in [9.17, 15) is 0 Å². The lowest BCUT2D eigenvalue weighted by molar-refractivity contribution is 0.590. The molecule has 2 nitrogen and oxygen atoms in total. The summed E-state index contributed by atoms with van der Waals surface area (Å²) in [6.07, 6.45) is 0. The van der Waals surface area contributed by atoms with Gasteiger partial charge in [0, 0.05) is 34.1 Å². The first-order valence-electron chi connectivity index (χ1n) is 23.2. The molecule has 0 fully saturated rings. The van der Waals surface area contributed by atoms with Crippen LogP contribution < -0.4 is 9.80 Å². The van der Waals surface area contributed by atoms with Crippen LogP contribution in [0, 0.1) is 13.8 Å². The van der Waals surface area contributed by atoms with Gasteiger partial charge in [0.25, 0.3) is 0 Å². The molecule has 0 atom stereocenters. The second-order valence-corrected chi connectivity index (χ2v) is 20.4. The molecule has 0 radical (unpaired) electrons. The third-order valence-corrected chi connectivity index (χ3v) is 14.0. The third kappa shape index (κ3) is 6.61. The fourth-order valence-corrected chi connectivity index (χ4v) is 10.8. The van der Waals surface area contributed by atoms with Crippen molar-refractivity contribution in [3.63, 3.8) is 0 Å². The van der Waals surface area contributed by atoms with E-state index in [0.717, 1.165) is 34.1 Å². The molecule has 0 saturated heterocycles. The van der Waals surface area contributed by atoms with Crippen LogP contribution in [-0.4, -0.2) is 0 Å². The van der Waals surface area contributed by atoms with E-state index in [1.807, 2.05) is 0 Å². The Morgan fingerprint density at radius 2 is 0.738 bits per heavy atom. The largest absolute Gasteiger partial charge is 0.310 e. The summed E-state index contributed by atoms with van der Waals surface area (Å²) < 4.78 is 0. The molecule has 2 aliphatic rings. The maximum absolute atomic E-state index is 2.52. The van der Waals surface area contributed by atoms with Crippen LogP contribution >= 0.6 is 0 Å². The summed E-state index contributed by atoms with van der Waals surface area (Å²) in [5.74, 6) is 0. The van der Waals surface area contributed by atoms with Crippen LogP contribution in [0.3, 0.4) is 0 Å². The molecule has 0 N–H and O–H groups in total. The van der Waals surface area contributed by atoms with Crippen molar-refractivity contribution in [2.24, 2.45) is 0 Å². The zero-order valence-electron chi connectivity index (χ0n) is 38.9. The quantitative estimate of drug-likeness (QED) is 0.165. The molecule has 0 saturated carbocycles. The summed E-state index contributed by atoms with van der Waals surface area (Å²) in [5, 5.41) is 2.45. The highest BCUT2D eigenvalue weighted by Gasteiger charge is 2.52. The number of anilines is 6. The molecule has 2 aliphatic carbocycles. The van der Waals surface area contributed by atoms with Crippen LogP contribution in [0.2, 0.25) is 0 Å². The van der Waals surface area contributed by atoms with Gasteiger partial charge in [0.1, 0.15) is 0 Å². The first kappa shape index (κ1) is 40.6. The molecule has 11 rings (SSSR count). The number of hydrogen-bond donors (Lipinski definition) is 0. The number of benzene rings is 9. The highest BCUT2D eigenvalue weighted by Crippen LogP contribution is 2.64. The van der Waals surface area contributed by atoms with E-state index >= 15 is 0 Å². The zero-order chi connectivity index (χ0) is 44.8. The van der Waals surface area contributed by atoms with Gasteiger partial charge in [-0.25, -0.2) is 0 Å². The fourth-order valence-electron chi connectivity index (χ4n) is 10.8. The minimum atomic E-state index is -0.522. The number of rotatable bonds is 6. The molecule has 318 valence electrons. The SMILES string of the molecule is Cc1cccc(N(c2ccc(C(C)(C)C)cc2)c2ccc3c(c2)C2(c4ccccc4-c4ccccc42)c2cc4cc(N(c5ccc(C(C)(C)C)cc5)c5cccc(C)c5)ccc4cc2-3)c1. The topological polar surface area (TPSA) is 6.48 Å². The van der Waals surface area contributed by atoms with Crippen LogP contribution in [-0.2, 0) is 16.2 Å². The Morgan fingerprint density at radius 3 is 1.25 bits per heavy atom. The smallest absolute Gasteiger partial charge is 0.0726 e. The van der Waals surface area contributed by atoms with Crippen LogP contribution in [0.15, 0.2) is 194 Å². The Balaban J connectivity index is 1.14. The summed E-state index contributed by atoms with van der Waals surface area (Å²) >= 11 is 0. The van der Waals surface area contributed by atoms with E-state index in [1.54, 1.807) is 0 Å². The van der Waals surface area contributed by atoms with E-state index in [0.29, 0.717) is 0 Å². The number of nitrogens with zero attached hydrogens (tertiary/aromatic N) is 2. The number of fused-ring (bicyclic) bond motifs is 11. The second kappa shape index (κ2) is 15.0. The molecule has 9 aromatic rings. The van der Waals surface area contributed by atoms with E-state index in [-0.39, 0.29) is 10.8 Å². The van der Waals surface area contributed by atoms with Crippen molar-refractivity contribution >= 4 is 44.9 Å². The van der Waals surface area contributed by atoms with Crippen molar-refractivity contribution in [2.45, 2.75) is 71.6 Å². The van der Waals surface area contributed by atoms with Crippen molar-refractivity contribution in [3.8, 4) is 22.3 Å². The summed E-state index contributed by atoms with van der Waals surface area (Å²) in [5.41, 5.74) is 22.1. The summed E-state index contributed by atoms with van der Waals surface area (Å²) in [4.78, 5) is 4.86. The molecule has 0 heterocycles. The molecule has 0 unspecified atom stereocenters. The number of hydrogen-bond acceptors (Lipinski definition) is 2. The summed E-state index contributed by atoms with van der Waals surface area (Å²) in [7, 11) is 0. The van der Waals surface area contributed by atoms with Gasteiger partial charge in [-0.1, -0.05) is 151 Å². The van der Waals surface area contributed by atoms with Crippen LogP contribution in [0.1, 0.15) is 86.1 Å². The average Bonchev–Trinajstić information content (AvgIpc) is 3.75. The predicted octanol–water partition coefficient (Wildman–Crippen LogP) is 17.3. The summed E-state index contributed by atoms with van der Waals surface area (Å²) in [6, 6.07) is 73.6. The van der Waals surface area contributed by atoms with Gasteiger partial charge >= 0.3 is 0 Å². The molecule has 0 amide bonds. The van der Waals surface area contributed by atoms with Crippen molar-refractivity contribution in [1.82, 2.24) is 0 Å². The third-order valence-electron chi connectivity index (χ3n) is 14.0. The molecule has 0 bridgehead atoms. The normalized spacial score (nSPS) is 13.4. The van der Waals surface area contributed by atoms with Gasteiger partial charge in [0.2, 0.25) is 0 Å². The Labute approximate surface area is 385 Å². The molecule has 2 heteroatoms. The average molecular weight is 841 g/mol. The van der Waals surface area contributed by atoms with Gasteiger partial charge < -0.3 is 9.80 Å². The van der Waals surface area contributed by atoms with Gasteiger partial charge in [-0.05, 0) is 187 Å². The Bertz CT molecular complexity index is 3260. The molecule has 0 aromatic heterocycles. The standard InChI is InChI=1S/C63H56N2/c1-41-15-13-17-49(35-41)64(47-29-24-45(25-30-47)61(3,4)5)51-28-23-43-38-56-55-34-33-52(65(50-18-14-16-42(2)36-50)48-31-26-46(27-32-48)62(6,7)8)40-60(55)63(59(56)39-44(43)37-51)57-21-11-9-19-53(57)54-20-10-12-22-58(54)63/h9-40H,1-8H3. The van der Waals surface area contributed by atoms with E-state index < -0.39 is 5.41 Å². The lowest BCUT2D eigenvalue weighted by atomic mass is 9.70. The van der Waals surface area contributed by atoms with Gasteiger partial charge in [-0.15, -0.1) is 0 Å². The zero-order valence-corrected chi connectivity index (χ0v) is 38.9. The van der Waals surface area contributed by atoms with Crippen molar-refractivity contribution in [2.75, 3.05) is 9.80 Å². The van der Waals surface area contributed by atoms with Crippen LogP contribution in [0.4, 0.5) is 34.1 Å². The Kier molecular flexibility index (Phi) is 9.35. The maximum Gasteiger partial charge on any atom is 0.0726 e. The predicted molar refractivity (Wildman–Crippen MR) is 276 cm³/mol. The maximum atomic E-state index is 2.52. The lowest BCUT2D eigenvalue weighted by Gasteiger charge is -2.32. The van der Waals surface area contributed by atoms with Crippen molar-refractivity contribution in [3.05, 3.63) is 239 Å². The molecule has 65 heavy (non-hydrogen) atoms. The molecule has 1 spiro atoms. The Morgan fingerprint density at radius 1 is 0.308 bits per heavy atom. The highest BCUT2D eigenvalue weighted by atomic mass is 15.1. The highest BCUT2D eigenvalue weighted by molar-refractivity contribution is 6.02. The monoisotopic (exact) mass is 840 g/mol. The van der Waals surface area contributed by atoms with E-state index in [1.165, 1.54) is 77.5 Å². The van der Waals surface area contributed by atoms with Gasteiger partial charge in [0.15, 0.2) is 0 Å². The first-order chi connectivity index (χ1) is 31.3. The van der Waals surface area contributed by atoms with Gasteiger partial charge in [-0.3, -0.25) is 0 Å². The lowest BCUT2D eigenvalue weighted by Crippen LogP contribution is -2.26. The number of aryl methyl sites for hydroxylation is 2. The molecular weight excluding hydrogens is 785 g/mol. The molecule has 0 aliphatic heterocycles. The molecular formula is C63H56N2. The first-order valence-corrected chi connectivity index (χ1v) is 23.2. The van der Waals surface area contributed by atoms with Crippen molar-refractivity contribution in [1.29, 1.82) is 0 Å². The van der Waals surface area contributed by atoms with E-state index in [4.69, 9.17) is 0 Å². The van der Waals surface area contributed by atoms with E-state index in [2.05, 4.69) is 259 Å². The second-order valence-electron chi connectivity index (χ2n) is 20.4. The minimum Gasteiger partial charge on any atom is -0.310 e.